The van der Waals surface area contributed by atoms with Gasteiger partial charge in [0, 0.05) is 18.5 Å². The smallest absolute Gasteiger partial charge is 0.246 e. The lowest BCUT2D eigenvalue weighted by Gasteiger charge is -2.24. The summed E-state index contributed by atoms with van der Waals surface area (Å²) in [5, 5.41) is 0.998. The number of likely N-dealkylation sites (N-methyl/N-ethyl adjacent to an activating group) is 1. The summed E-state index contributed by atoms with van der Waals surface area (Å²) >= 11 is 0. The van der Waals surface area contributed by atoms with Crippen molar-refractivity contribution in [1.29, 1.82) is 0 Å². The molecule has 1 unspecified atom stereocenters. The summed E-state index contributed by atoms with van der Waals surface area (Å²) in [5.41, 5.74) is 1.67. The normalized spacial score (nSPS) is 12.6. The predicted octanol–water partition coefficient (Wildman–Crippen LogP) is 4.80. The molecule has 4 heteroatoms. The molecule has 0 aliphatic heterocycles. The number of halogens is 1. The number of furan rings is 1. The molecule has 0 aliphatic carbocycles. The van der Waals surface area contributed by atoms with Crippen LogP contribution in [0.25, 0.3) is 17.0 Å². The first-order valence-corrected chi connectivity index (χ1v) is 7.73. The molecular formula is C20H18FNO2. The number of carbonyl (C=O) groups is 1. The Morgan fingerprint density at radius 2 is 1.88 bits per heavy atom. The molecule has 0 saturated carbocycles. The molecule has 0 radical (unpaired) electrons. The predicted molar refractivity (Wildman–Crippen MR) is 92.8 cm³/mol. The van der Waals surface area contributed by atoms with E-state index in [2.05, 4.69) is 0 Å². The van der Waals surface area contributed by atoms with E-state index >= 15 is 0 Å². The maximum atomic E-state index is 13.0. The number of benzene rings is 2. The number of para-hydroxylation sites is 1. The van der Waals surface area contributed by atoms with Crippen LogP contribution in [-0.2, 0) is 4.79 Å². The molecule has 0 N–H and O–H groups in total. The third-order valence-electron chi connectivity index (χ3n) is 4.12. The van der Waals surface area contributed by atoms with Gasteiger partial charge in [-0.2, -0.15) is 0 Å². The van der Waals surface area contributed by atoms with E-state index in [-0.39, 0.29) is 17.8 Å². The van der Waals surface area contributed by atoms with Crippen molar-refractivity contribution in [2.24, 2.45) is 0 Å². The number of fused-ring (bicyclic) bond motifs is 1. The largest absolute Gasteiger partial charge is 0.457 e. The van der Waals surface area contributed by atoms with Crippen LogP contribution in [0.1, 0.15) is 24.3 Å². The molecular weight excluding hydrogens is 305 g/mol. The molecule has 1 heterocycles. The van der Waals surface area contributed by atoms with Crippen LogP contribution in [0.3, 0.4) is 0 Å². The Labute approximate surface area is 140 Å². The standard InChI is InChI=1S/C20H18FNO2/c1-14(15-7-9-17(21)10-8-15)22(2)20(23)12-11-18-13-16-5-3-4-6-19(16)24-18/h3-14H,1-2H3/b12-11+. The van der Waals surface area contributed by atoms with E-state index in [0.717, 1.165) is 16.5 Å². The van der Waals surface area contributed by atoms with Crippen LogP contribution in [0.15, 0.2) is 65.1 Å². The zero-order valence-corrected chi connectivity index (χ0v) is 13.6. The quantitative estimate of drug-likeness (QED) is 0.646. The molecule has 0 spiro atoms. The minimum Gasteiger partial charge on any atom is -0.457 e. The summed E-state index contributed by atoms with van der Waals surface area (Å²) in [6.45, 7) is 1.90. The van der Waals surface area contributed by atoms with Crippen LogP contribution in [0.2, 0.25) is 0 Å². The van der Waals surface area contributed by atoms with Gasteiger partial charge in [-0.3, -0.25) is 4.79 Å². The Morgan fingerprint density at radius 1 is 1.17 bits per heavy atom. The van der Waals surface area contributed by atoms with Crippen molar-refractivity contribution in [1.82, 2.24) is 4.90 Å². The van der Waals surface area contributed by atoms with Crippen molar-refractivity contribution in [3.8, 4) is 0 Å². The summed E-state index contributed by atoms with van der Waals surface area (Å²) in [6, 6.07) is 15.6. The first-order valence-electron chi connectivity index (χ1n) is 7.73. The van der Waals surface area contributed by atoms with Gasteiger partial charge in [0.25, 0.3) is 0 Å². The molecule has 122 valence electrons. The van der Waals surface area contributed by atoms with Crippen LogP contribution in [0.5, 0.6) is 0 Å². The summed E-state index contributed by atoms with van der Waals surface area (Å²) in [5.74, 6) is 0.198. The lowest BCUT2D eigenvalue weighted by atomic mass is 10.1. The summed E-state index contributed by atoms with van der Waals surface area (Å²) in [6.07, 6.45) is 3.15. The summed E-state index contributed by atoms with van der Waals surface area (Å²) in [7, 11) is 1.72. The van der Waals surface area contributed by atoms with Crippen LogP contribution < -0.4 is 0 Å². The first kappa shape index (κ1) is 16.0. The van der Waals surface area contributed by atoms with E-state index in [1.54, 1.807) is 30.2 Å². The van der Waals surface area contributed by atoms with E-state index in [1.165, 1.54) is 18.2 Å². The molecule has 1 amide bonds. The number of hydrogen-bond acceptors (Lipinski definition) is 2. The number of nitrogens with zero attached hydrogens (tertiary/aromatic N) is 1. The van der Waals surface area contributed by atoms with Crippen molar-refractivity contribution in [3.05, 3.63) is 77.8 Å². The fraction of sp³-hybridized carbons (Fsp3) is 0.150. The Balaban J connectivity index is 1.72. The minimum absolute atomic E-state index is 0.146. The van der Waals surface area contributed by atoms with Crippen molar-refractivity contribution in [3.63, 3.8) is 0 Å². The van der Waals surface area contributed by atoms with Crippen molar-refractivity contribution in [2.45, 2.75) is 13.0 Å². The minimum atomic E-state index is -0.287. The van der Waals surface area contributed by atoms with Crippen LogP contribution in [0, 0.1) is 5.82 Å². The molecule has 3 nitrogen and oxygen atoms in total. The summed E-state index contributed by atoms with van der Waals surface area (Å²) < 4.78 is 18.7. The topological polar surface area (TPSA) is 33.5 Å². The highest BCUT2D eigenvalue weighted by atomic mass is 19.1. The van der Waals surface area contributed by atoms with Gasteiger partial charge in [0.15, 0.2) is 0 Å². The molecule has 0 aliphatic rings. The highest BCUT2D eigenvalue weighted by molar-refractivity contribution is 5.92. The maximum absolute atomic E-state index is 13.0. The second-order valence-electron chi connectivity index (χ2n) is 5.70. The van der Waals surface area contributed by atoms with Gasteiger partial charge in [0.2, 0.25) is 5.91 Å². The van der Waals surface area contributed by atoms with E-state index in [1.807, 2.05) is 37.3 Å². The van der Waals surface area contributed by atoms with Gasteiger partial charge >= 0.3 is 0 Å². The maximum Gasteiger partial charge on any atom is 0.246 e. The zero-order chi connectivity index (χ0) is 17.1. The number of hydrogen-bond donors (Lipinski definition) is 0. The SMILES string of the molecule is CC(c1ccc(F)cc1)N(C)C(=O)/C=C/c1cc2ccccc2o1. The zero-order valence-electron chi connectivity index (χ0n) is 13.6. The fourth-order valence-electron chi connectivity index (χ4n) is 2.51. The van der Waals surface area contributed by atoms with Crippen LogP contribution in [0.4, 0.5) is 4.39 Å². The lowest BCUT2D eigenvalue weighted by Crippen LogP contribution is -2.27. The average Bonchev–Trinajstić information content (AvgIpc) is 3.02. The van der Waals surface area contributed by atoms with Crippen LogP contribution >= 0.6 is 0 Å². The van der Waals surface area contributed by atoms with E-state index in [4.69, 9.17) is 4.42 Å². The summed E-state index contributed by atoms with van der Waals surface area (Å²) in [4.78, 5) is 13.9. The monoisotopic (exact) mass is 323 g/mol. The van der Waals surface area contributed by atoms with Gasteiger partial charge < -0.3 is 9.32 Å². The van der Waals surface area contributed by atoms with E-state index < -0.39 is 0 Å². The van der Waals surface area contributed by atoms with Crippen molar-refractivity contribution >= 4 is 23.0 Å². The third kappa shape index (κ3) is 3.38. The highest BCUT2D eigenvalue weighted by Gasteiger charge is 2.15. The second kappa shape index (κ2) is 6.71. The molecule has 0 fully saturated rings. The molecule has 1 atom stereocenters. The molecule has 0 bridgehead atoms. The Kier molecular flexibility index (Phi) is 4.47. The van der Waals surface area contributed by atoms with Crippen LogP contribution in [-0.4, -0.2) is 17.9 Å². The number of rotatable bonds is 4. The number of amides is 1. The molecule has 3 rings (SSSR count). The van der Waals surface area contributed by atoms with Gasteiger partial charge in [0.1, 0.15) is 17.2 Å². The third-order valence-corrected chi connectivity index (χ3v) is 4.12. The van der Waals surface area contributed by atoms with E-state index in [9.17, 15) is 9.18 Å². The first-order chi connectivity index (χ1) is 11.5. The van der Waals surface area contributed by atoms with Gasteiger partial charge in [-0.05, 0) is 42.8 Å². The molecule has 0 saturated heterocycles. The number of carbonyl (C=O) groups excluding carboxylic acids is 1. The lowest BCUT2D eigenvalue weighted by molar-refractivity contribution is -0.126. The average molecular weight is 323 g/mol. The van der Waals surface area contributed by atoms with Crippen molar-refractivity contribution < 1.29 is 13.6 Å². The van der Waals surface area contributed by atoms with Crippen molar-refractivity contribution in [2.75, 3.05) is 7.05 Å². The van der Waals surface area contributed by atoms with Gasteiger partial charge in [-0.25, -0.2) is 4.39 Å². The second-order valence-corrected chi connectivity index (χ2v) is 5.70. The molecule has 24 heavy (non-hydrogen) atoms. The Bertz CT molecular complexity index is 847. The van der Waals surface area contributed by atoms with E-state index in [0.29, 0.717) is 5.76 Å². The van der Waals surface area contributed by atoms with Gasteiger partial charge in [-0.15, -0.1) is 0 Å². The fourth-order valence-corrected chi connectivity index (χ4v) is 2.51. The van der Waals surface area contributed by atoms with Gasteiger partial charge in [-0.1, -0.05) is 30.3 Å². The Hall–Kier alpha value is -2.88. The van der Waals surface area contributed by atoms with Gasteiger partial charge in [0.05, 0.1) is 6.04 Å². The molecule has 1 aromatic heterocycles. The Morgan fingerprint density at radius 3 is 2.58 bits per heavy atom. The highest BCUT2D eigenvalue weighted by Crippen LogP contribution is 2.21. The molecule has 3 aromatic rings. The molecule has 2 aromatic carbocycles.